The van der Waals surface area contributed by atoms with Gasteiger partial charge in [-0.3, -0.25) is 4.79 Å². The minimum atomic E-state index is -0.197. The Bertz CT molecular complexity index is 824. The Labute approximate surface area is 177 Å². The van der Waals surface area contributed by atoms with Crippen LogP contribution in [-0.2, 0) is 0 Å². The van der Waals surface area contributed by atoms with E-state index in [4.69, 9.17) is 9.47 Å². The van der Waals surface area contributed by atoms with Crippen molar-refractivity contribution >= 4 is 11.9 Å². The SMILES string of the molecule is CCNC(=NCC(C)Oc1ccccc1OC)NCCNC(=O)c1ccc(O)cc1. The number of rotatable bonds is 10. The smallest absolute Gasteiger partial charge is 0.251 e. The van der Waals surface area contributed by atoms with Gasteiger partial charge in [0.25, 0.3) is 5.91 Å². The molecule has 1 atom stereocenters. The second-order valence-corrected chi connectivity index (χ2v) is 6.53. The third kappa shape index (κ3) is 7.54. The van der Waals surface area contributed by atoms with Crippen LogP contribution in [0.5, 0.6) is 17.2 Å². The van der Waals surface area contributed by atoms with Gasteiger partial charge >= 0.3 is 0 Å². The number of ether oxygens (including phenoxy) is 2. The fraction of sp³-hybridized carbons (Fsp3) is 0.364. The zero-order valence-electron chi connectivity index (χ0n) is 17.6. The number of methoxy groups -OCH3 is 1. The average molecular weight is 415 g/mol. The van der Waals surface area contributed by atoms with Crippen LogP contribution in [0.3, 0.4) is 0 Å². The van der Waals surface area contributed by atoms with Crippen LogP contribution in [0.1, 0.15) is 24.2 Å². The Morgan fingerprint density at radius 1 is 1.03 bits per heavy atom. The Morgan fingerprint density at radius 3 is 2.37 bits per heavy atom. The molecule has 0 fully saturated rings. The number of para-hydroxylation sites is 2. The maximum atomic E-state index is 12.1. The summed E-state index contributed by atoms with van der Waals surface area (Å²) >= 11 is 0. The van der Waals surface area contributed by atoms with Crippen LogP contribution in [0.4, 0.5) is 0 Å². The van der Waals surface area contributed by atoms with Crippen molar-refractivity contribution in [3.05, 3.63) is 54.1 Å². The molecule has 0 aliphatic heterocycles. The highest BCUT2D eigenvalue weighted by atomic mass is 16.5. The Morgan fingerprint density at radius 2 is 1.70 bits per heavy atom. The van der Waals surface area contributed by atoms with Gasteiger partial charge in [0.1, 0.15) is 11.9 Å². The van der Waals surface area contributed by atoms with Crippen LogP contribution in [0, 0.1) is 0 Å². The van der Waals surface area contributed by atoms with Crippen LogP contribution in [0.2, 0.25) is 0 Å². The molecule has 0 heterocycles. The molecule has 0 aromatic heterocycles. The normalized spacial score (nSPS) is 12.0. The lowest BCUT2D eigenvalue weighted by atomic mass is 10.2. The van der Waals surface area contributed by atoms with E-state index in [0.29, 0.717) is 49.2 Å². The van der Waals surface area contributed by atoms with E-state index in [-0.39, 0.29) is 17.8 Å². The average Bonchev–Trinajstić information content (AvgIpc) is 2.75. The summed E-state index contributed by atoms with van der Waals surface area (Å²) in [6, 6.07) is 13.6. The quantitative estimate of drug-likeness (QED) is 0.270. The number of carbonyl (C=O) groups excluding carboxylic acids is 1. The minimum absolute atomic E-state index is 0.128. The first-order chi connectivity index (χ1) is 14.5. The van der Waals surface area contributed by atoms with Gasteiger partial charge in [-0.2, -0.15) is 0 Å². The zero-order chi connectivity index (χ0) is 21.8. The largest absolute Gasteiger partial charge is 0.508 e. The summed E-state index contributed by atoms with van der Waals surface area (Å²) < 4.78 is 11.2. The van der Waals surface area contributed by atoms with Crippen molar-refractivity contribution in [1.29, 1.82) is 0 Å². The van der Waals surface area contributed by atoms with E-state index in [1.54, 1.807) is 19.2 Å². The number of guanidine groups is 1. The fourth-order valence-corrected chi connectivity index (χ4v) is 2.60. The molecular formula is C22H30N4O4. The lowest BCUT2D eigenvalue weighted by Crippen LogP contribution is -2.42. The van der Waals surface area contributed by atoms with E-state index in [9.17, 15) is 9.90 Å². The molecule has 30 heavy (non-hydrogen) atoms. The molecule has 2 aromatic carbocycles. The van der Waals surface area contributed by atoms with Crippen LogP contribution in [0.25, 0.3) is 0 Å². The number of benzene rings is 2. The van der Waals surface area contributed by atoms with Crippen molar-refractivity contribution in [2.75, 3.05) is 33.3 Å². The molecule has 162 valence electrons. The van der Waals surface area contributed by atoms with Gasteiger partial charge in [0.05, 0.1) is 13.7 Å². The third-order valence-electron chi connectivity index (χ3n) is 4.08. The molecular weight excluding hydrogens is 384 g/mol. The molecule has 0 aliphatic carbocycles. The Balaban J connectivity index is 1.79. The first-order valence-electron chi connectivity index (χ1n) is 9.92. The van der Waals surface area contributed by atoms with Gasteiger partial charge in [-0.05, 0) is 50.2 Å². The first kappa shape index (κ1) is 22.9. The standard InChI is InChI=1S/C22H30N4O4/c1-4-23-22(25-14-13-24-21(28)17-9-11-18(27)12-10-17)26-15-16(2)30-20-8-6-5-7-19(20)29-3/h5-12,16,27H,4,13-15H2,1-3H3,(H,24,28)(H2,23,25,26). The van der Waals surface area contributed by atoms with E-state index < -0.39 is 0 Å². The zero-order valence-corrected chi connectivity index (χ0v) is 17.6. The van der Waals surface area contributed by atoms with E-state index >= 15 is 0 Å². The molecule has 0 saturated heterocycles. The molecule has 1 unspecified atom stereocenters. The predicted octanol–water partition coefficient (Wildman–Crippen LogP) is 2.15. The fourth-order valence-electron chi connectivity index (χ4n) is 2.60. The summed E-state index contributed by atoms with van der Waals surface area (Å²) in [7, 11) is 1.61. The molecule has 2 rings (SSSR count). The number of hydrogen-bond acceptors (Lipinski definition) is 5. The van der Waals surface area contributed by atoms with Crippen LogP contribution in [0.15, 0.2) is 53.5 Å². The van der Waals surface area contributed by atoms with E-state index in [1.807, 2.05) is 38.1 Å². The van der Waals surface area contributed by atoms with Gasteiger partial charge in [-0.15, -0.1) is 0 Å². The second-order valence-electron chi connectivity index (χ2n) is 6.53. The number of nitrogens with zero attached hydrogens (tertiary/aromatic N) is 1. The monoisotopic (exact) mass is 414 g/mol. The summed E-state index contributed by atoms with van der Waals surface area (Å²) in [4.78, 5) is 16.6. The van der Waals surface area contributed by atoms with Crippen molar-refractivity contribution < 1.29 is 19.4 Å². The maximum absolute atomic E-state index is 12.1. The number of carbonyl (C=O) groups is 1. The van der Waals surface area contributed by atoms with Crippen molar-refractivity contribution in [2.45, 2.75) is 20.0 Å². The van der Waals surface area contributed by atoms with Gasteiger partial charge in [0.15, 0.2) is 17.5 Å². The van der Waals surface area contributed by atoms with Crippen LogP contribution < -0.4 is 25.4 Å². The molecule has 8 nitrogen and oxygen atoms in total. The van der Waals surface area contributed by atoms with E-state index in [1.165, 1.54) is 12.1 Å². The van der Waals surface area contributed by atoms with Crippen molar-refractivity contribution in [2.24, 2.45) is 4.99 Å². The molecule has 0 aliphatic rings. The third-order valence-corrected chi connectivity index (χ3v) is 4.08. The van der Waals surface area contributed by atoms with Crippen molar-refractivity contribution in [3.8, 4) is 17.2 Å². The number of nitrogens with one attached hydrogen (secondary N) is 3. The van der Waals surface area contributed by atoms with Crippen LogP contribution in [-0.4, -0.2) is 56.4 Å². The topological polar surface area (TPSA) is 104 Å². The van der Waals surface area contributed by atoms with E-state index in [0.717, 1.165) is 0 Å². The summed E-state index contributed by atoms with van der Waals surface area (Å²) in [5.41, 5.74) is 0.496. The lowest BCUT2D eigenvalue weighted by Gasteiger charge is -2.17. The molecule has 1 amide bonds. The lowest BCUT2D eigenvalue weighted by molar-refractivity contribution is 0.0954. The second kappa shape index (κ2) is 12.2. The molecule has 2 aromatic rings. The first-order valence-corrected chi connectivity index (χ1v) is 9.92. The van der Waals surface area contributed by atoms with Gasteiger partial charge in [-0.1, -0.05) is 12.1 Å². The summed E-state index contributed by atoms with van der Waals surface area (Å²) in [6.07, 6.45) is -0.147. The maximum Gasteiger partial charge on any atom is 0.251 e. The van der Waals surface area contributed by atoms with Gasteiger partial charge in [-0.25, -0.2) is 4.99 Å². The Hall–Kier alpha value is -3.42. The summed E-state index contributed by atoms with van der Waals surface area (Å²) in [5.74, 6) is 1.94. The Kier molecular flexibility index (Phi) is 9.30. The summed E-state index contributed by atoms with van der Waals surface area (Å²) in [6.45, 7) is 6.03. The highest BCUT2D eigenvalue weighted by Gasteiger charge is 2.09. The highest BCUT2D eigenvalue weighted by Crippen LogP contribution is 2.26. The number of amides is 1. The number of aliphatic imine (C=N–C) groups is 1. The van der Waals surface area contributed by atoms with Crippen molar-refractivity contribution in [1.82, 2.24) is 16.0 Å². The number of phenolic OH excluding ortho intramolecular Hbond substituents is 1. The van der Waals surface area contributed by atoms with Gasteiger partial charge in [0, 0.05) is 25.2 Å². The number of hydrogen-bond donors (Lipinski definition) is 4. The molecule has 4 N–H and O–H groups in total. The van der Waals surface area contributed by atoms with Crippen LogP contribution >= 0.6 is 0 Å². The number of phenols is 1. The minimum Gasteiger partial charge on any atom is -0.508 e. The summed E-state index contributed by atoms with van der Waals surface area (Å²) in [5, 5.41) is 18.5. The molecule has 0 radical (unpaired) electrons. The molecule has 8 heteroatoms. The predicted molar refractivity (Wildman–Crippen MR) is 118 cm³/mol. The molecule has 0 spiro atoms. The molecule has 0 saturated carbocycles. The van der Waals surface area contributed by atoms with Gasteiger partial charge < -0.3 is 30.5 Å². The van der Waals surface area contributed by atoms with E-state index in [2.05, 4.69) is 20.9 Å². The number of aromatic hydroxyl groups is 1. The molecule has 0 bridgehead atoms. The highest BCUT2D eigenvalue weighted by molar-refractivity contribution is 5.94. The van der Waals surface area contributed by atoms with Crippen molar-refractivity contribution in [3.63, 3.8) is 0 Å². The van der Waals surface area contributed by atoms with Gasteiger partial charge in [0.2, 0.25) is 0 Å².